The first-order valence-electron chi connectivity index (χ1n) is 5.26. The van der Waals surface area contributed by atoms with E-state index in [1.807, 2.05) is 33.8 Å². The fourth-order valence-corrected chi connectivity index (χ4v) is 1.44. The Morgan fingerprint density at radius 3 is 2.62 bits per heavy atom. The molecule has 0 bridgehead atoms. The molecule has 86 valence electrons. The lowest BCUT2D eigenvalue weighted by molar-refractivity contribution is 0.577. The van der Waals surface area contributed by atoms with Crippen LogP contribution in [0.1, 0.15) is 30.7 Å². The molecule has 0 saturated carbocycles. The van der Waals surface area contributed by atoms with Crippen LogP contribution in [0, 0.1) is 25.2 Å². The number of hydrogen-bond donors (Lipinski definition) is 2. The summed E-state index contributed by atoms with van der Waals surface area (Å²) >= 11 is 0. The first kappa shape index (κ1) is 12.5. The summed E-state index contributed by atoms with van der Waals surface area (Å²) in [5.74, 6) is 0.621. The van der Waals surface area contributed by atoms with Gasteiger partial charge in [-0.15, -0.1) is 0 Å². The van der Waals surface area contributed by atoms with Crippen molar-refractivity contribution in [3.05, 3.63) is 22.9 Å². The molecule has 0 aromatic carbocycles. The van der Waals surface area contributed by atoms with Crippen LogP contribution >= 0.6 is 0 Å². The monoisotopic (exact) mass is 218 g/mol. The topological polar surface area (TPSA) is 74.7 Å². The molecule has 0 unspecified atom stereocenters. The first-order chi connectivity index (χ1) is 7.39. The number of aryl methyl sites for hydroxylation is 2. The van der Waals surface area contributed by atoms with E-state index in [-0.39, 0.29) is 5.54 Å². The average molecular weight is 218 g/mol. The summed E-state index contributed by atoms with van der Waals surface area (Å²) in [5, 5.41) is 12.3. The summed E-state index contributed by atoms with van der Waals surface area (Å²) < 4.78 is 0. The van der Waals surface area contributed by atoms with Gasteiger partial charge in [0.05, 0.1) is 5.56 Å². The van der Waals surface area contributed by atoms with Crippen molar-refractivity contribution in [2.24, 2.45) is 5.73 Å². The molecule has 0 aliphatic heterocycles. The zero-order valence-electron chi connectivity index (χ0n) is 10.3. The van der Waals surface area contributed by atoms with Crippen LogP contribution in [0.25, 0.3) is 0 Å². The van der Waals surface area contributed by atoms with Gasteiger partial charge < -0.3 is 11.1 Å². The molecule has 0 fully saturated rings. The second-order valence-electron chi connectivity index (χ2n) is 4.63. The molecular weight excluding hydrogens is 200 g/mol. The highest BCUT2D eigenvalue weighted by atomic mass is 15.1. The summed E-state index contributed by atoms with van der Waals surface area (Å²) in [6, 6.07) is 4.07. The molecule has 0 aliphatic carbocycles. The van der Waals surface area contributed by atoms with Gasteiger partial charge in [0.1, 0.15) is 11.9 Å². The lowest BCUT2D eigenvalue weighted by Gasteiger charge is -2.26. The van der Waals surface area contributed by atoms with E-state index in [1.54, 1.807) is 0 Å². The second-order valence-corrected chi connectivity index (χ2v) is 4.63. The number of aromatic nitrogens is 1. The third-order valence-corrected chi connectivity index (χ3v) is 2.42. The van der Waals surface area contributed by atoms with Gasteiger partial charge in [0.2, 0.25) is 0 Å². The highest BCUT2D eigenvalue weighted by molar-refractivity contribution is 5.57. The maximum absolute atomic E-state index is 9.10. The molecule has 1 aromatic rings. The number of nitrogens with two attached hydrogens (primary N) is 1. The maximum Gasteiger partial charge on any atom is 0.144 e. The maximum atomic E-state index is 9.10. The second kappa shape index (κ2) is 4.50. The van der Waals surface area contributed by atoms with Crippen molar-refractivity contribution in [1.82, 2.24) is 4.98 Å². The van der Waals surface area contributed by atoms with Gasteiger partial charge in [-0.2, -0.15) is 5.26 Å². The molecular formula is C12H18N4. The Kier molecular flexibility index (Phi) is 3.51. The van der Waals surface area contributed by atoms with Crippen molar-refractivity contribution >= 4 is 5.82 Å². The number of pyridine rings is 1. The van der Waals surface area contributed by atoms with Crippen LogP contribution in [0.4, 0.5) is 5.82 Å². The van der Waals surface area contributed by atoms with Crippen LogP contribution in [0.5, 0.6) is 0 Å². The van der Waals surface area contributed by atoms with Crippen molar-refractivity contribution in [2.75, 3.05) is 11.9 Å². The quantitative estimate of drug-likeness (QED) is 0.810. The molecule has 0 atom stereocenters. The number of rotatable bonds is 3. The Bertz CT molecular complexity index is 429. The first-order valence-corrected chi connectivity index (χ1v) is 5.26. The summed E-state index contributed by atoms with van der Waals surface area (Å²) in [6.07, 6.45) is 0. The molecule has 4 heteroatoms. The van der Waals surface area contributed by atoms with Crippen LogP contribution in [-0.2, 0) is 0 Å². The van der Waals surface area contributed by atoms with Gasteiger partial charge in [-0.3, -0.25) is 0 Å². The minimum absolute atomic E-state index is 0.265. The molecule has 1 rings (SSSR count). The van der Waals surface area contributed by atoms with E-state index in [1.165, 1.54) is 0 Å². The normalized spacial score (nSPS) is 11.0. The Morgan fingerprint density at radius 1 is 1.50 bits per heavy atom. The van der Waals surface area contributed by atoms with Gasteiger partial charge in [0, 0.05) is 17.8 Å². The predicted octanol–water partition coefficient (Wildman–Crippen LogP) is 1.72. The highest BCUT2D eigenvalue weighted by Crippen LogP contribution is 2.20. The Labute approximate surface area is 96.5 Å². The average Bonchev–Trinajstić information content (AvgIpc) is 2.16. The van der Waals surface area contributed by atoms with Gasteiger partial charge in [0.15, 0.2) is 0 Å². The zero-order valence-corrected chi connectivity index (χ0v) is 10.3. The number of hydrogen-bond acceptors (Lipinski definition) is 4. The zero-order chi connectivity index (χ0) is 12.3. The van der Waals surface area contributed by atoms with Gasteiger partial charge in [0.25, 0.3) is 0 Å². The number of nitriles is 1. The van der Waals surface area contributed by atoms with Crippen LogP contribution in [0.3, 0.4) is 0 Å². The van der Waals surface area contributed by atoms with E-state index in [2.05, 4.69) is 16.4 Å². The Hall–Kier alpha value is -1.60. The van der Waals surface area contributed by atoms with E-state index < -0.39 is 0 Å². The van der Waals surface area contributed by atoms with E-state index in [4.69, 9.17) is 11.0 Å². The molecule has 0 aliphatic rings. The van der Waals surface area contributed by atoms with Gasteiger partial charge >= 0.3 is 0 Å². The Morgan fingerprint density at radius 2 is 2.12 bits per heavy atom. The summed E-state index contributed by atoms with van der Waals surface area (Å²) in [6.45, 7) is 8.26. The van der Waals surface area contributed by atoms with E-state index in [0.717, 1.165) is 11.3 Å². The molecule has 3 N–H and O–H groups in total. The highest BCUT2D eigenvalue weighted by Gasteiger charge is 2.18. The molecule has 4 nitrogen and oxygen atoms in total. The lowest BCUT2D eigenvalue weighted by atomic mass is 10.0. The fourth-order valence-electron chi connectivity index (χ4n) is 1.44. The van der Waals surface area contributed by atoms with E-state index in [9.17, 15) is 0 Å². The third-order valence-electron chi connectivity index (χ3n) is 2.42. The van der Waals surface area contributed by atoms with Crippen molar-refractivity contribution in [3.8, 4) is 6.07 Å². The standard InChI is InChI=1S/C12H18N4/c1-8-5-9(2)15-11(10(8)6-13)16-12(3,4)7-14/h5H,7,14H2,1-4H3,(H,15,16). The summed E-state index contributed by atoms with van der Waals surface area (Å²) in [4.78, 5) is 4.35. The summed E-state index contributed by atoms with van der Waals surface area (Å²) in [5.41, 5.74) is 7.80. The van der Waals surface area contributed by atoms with Crippen LogP contribution in [-0.4, -0.2) is 17.1 Å². The minimum atomic E-state index is -0.265. The minimum Gasteiger partial charge on any atom is -0.363 e. The van der Waals surface area contributed by atoms with Gasteiger partial charge in [-0.05, 0) is 39.3 Å². The fraction of sp³-hybridized carbons (Fsp3) is 0.500. The molecule has 1 aromatic heterocycles. The number of nitrogens with one attached hydrogen (secondary N) is 1. The molecule has 0 spiro atoms. The van der Waals surface area contributed by atoms with Crippen LogP contribution in [0.2, 0.25) is 0 Å². The summed E-state index contributed by atoms with van der Waals surface area (Å²) in [7, 11) is 0. The molecule has 0 radical (unpaired) electrons. The van der Waals surface area contributed by atoms with Crippen LogP contribution < -0.4 is 11.1 Å². The van der Waals surface area contributed by atoms with Crippen molar-refractivity contribution < 1.29 is 0 Å². The largest absolute Gasteiger partial charge is 0.363 e. The SMILES string of the molecule is Cc1cc(C)c(C#N)c(NC(C)(C)CN)n1. The van der Waals surface area contributed by atoms with E-state index >= 15 is 0 Å². The molecule has 1 heterocycles. The van der Waals surface area contributed by atoms with Crippen molar-refractivity contribution in [3.63, 3.8) is 0 Å². The Balaban J connectivity index is 3.18. The molecule has 16 heavy (non-hydrogen) atoms. The number of anilines is 1. The van der Waals surface area contributed by atoms with Gasteiger partial charge in [-0.1, -0.05) is 0 Å². The predicted molar refractivity (Wildman–Crippen MR) is 65.2 cm³/mol. The molecule has 0 amide bonds. The lowest BCUT2D eigenvalue weighted by Crippen LogP contribution is -2.39. The van der Waals surface area contributed by atoms with Crippen molar-refractivity contribution in [2.45, 2.75) is 33.2 Å². The number of nitrogens with zero attached hydrogens (tertiary/aromatic N) is 2. The van der Waals surface area contributed by atoms with Gasteiger partial charge in [-0.25, -0.2) is 4.98 Å². The van der Waals surface area contributed by atoms with E-state index in [0.29, 0.717) is 17.9 Å². The van der Waals surface area contributed by atoms with Crippen LogP contribution in [0.15, 0.2) is 6.07 Å². The molecule has 0 saturated heterocycles. The smallest absolute Gasteiger partial charge is 0.144 e. The van der Waals surface area contributed by atoms with Crippen molar-refractivity contribution in [1.29, 1.82) is 5.26 Å². The third kappa shape index (κ3) is 2.71.